The molecule has 1 aromatic carbocycles. The second-order valence-corrected chi connectivity index (χ2v) is 5.40. The number of hydrogen-bond donors (Lipinski definition) is 2. The quantitative estimate of drug-likeness (QED) is 0.837. The fourth-order valence-corrected chi connectivity index (χ4v) is 2.90. The number of aromatic nitrogens is 1. The summed E-state index contributed by atoms with van der Waals surface area (Å²) in [5.41, 5.74) is 8.85. The first-order valence-corrected chi connectivity index (χ1v) is 6.93. The van der Waals surface area contributed by atoms with E-state index in [1.807, 2.05) is 6.20 Å². The highest BCUT2D eigenvalue weighted by Gasteiger charge is 2.28. The van der Waals surface area contributed by atoms with Crippen molar-refractivity contribution in [2.24, 2.45) is 12.8 Å². The molecule has 1 amide bonds. The second kappa shape index (κ2) is 5.28. The van der Waals surface area contributed by atoms with Gasteiger partial charge in [0, 0.05) is 25.0 Å². The smallest absolute Gasteiger partial charge is 0.272 e. The molecule has 22 heavy (non-hydrogen) atoms. The number of nitrogens with zero attached hydrogens (tertiary/aromatic N) is 2. The van der Waals surface area contributed by atoms with Crippen LogP contribution < -0.4 is 11.1 Å². The number of carbonyl (C=O) groups is 1. The van der Waals surface area contributed by atoms with Crippen molar-refractivity contribution < 1.29 is 9.18 Å². The monoisotopic (exact) mass is 298 g/mol. The molecule has 112 valence electrons. The van der Waals surface area contributed by atoms with E-state index in [9.17, 15) is 9.18 Å². The first kappa shape index (κ1) is 14.3. The van der Waals surface area contributed by atoms with E-state index < -0.39 is 5.82 Å². The van der Waals surface area contributed by atoms with Gasteiger partial charge in [-0.15, -0.1) is 0 Å². The van der Waals surface area contributed by atoms with Gasteiger partial charge in [0.1, 0.15) is 11.5 Å². The van der Waals surface area contributed by atoms with Gasteiger partial charge in [0.25, 0.3) is 5.91 Å². The summed E-state index contributed by atoms with van der Waals surface area (Å²) < 4.78 is 15.1. The third-order valence-electron chi connectivity index (χ3n) is 3.96. The van der Waals surface area contributed by atoms with Crippen molar-refractivity contribution in [3.05, 3.63) is 58.5 Å². The van der Waals surface area contributed by atoms with E-state index in [-0.39, 0.29) is 17.6 Å². The molecule has 1 aromatic heterocycles. The number of hydrogen-bond acceptors (Lipinski definition) is 2. The van der Waals surface area contributed by atoms with Crippen LogP contribution in [0.3, 0.4) is 0 Å². The lowest BCUT2D eigenvalue weighted by Gasteiger charge is -2.09. The Kier molecular flexibility index (Phi) is 3.43. The van der Waals surface area contributed by atoms with Crippen LogP contribution in [0.15, 0.2) is 24.4 Å². The molecule has 1 heterocycles. The average molecular weight is 298 g/mol. The highest BCUT2D eigenvalue weighted by atomic mass is 19.1. The summed E-state index contributed by atoms with van der Waals surface area (Å²) in [6, 6.07) is 3.92. The van der Waals surface area contributed by atoms with Gasteiger partial charge in [0.2, 0.25) is 5.69 Å². The molecule has 1 aliphatic carbocycles. The molecule has 0 fully saturated rings. The van der Waals surface area contributed by atoms with Crippen LogP contribution in [-0.2, 0) is 13.5 Å². The predicted octanol–water partition coefficient (Wildman–Crippen LogP) is 2.91. The van der Waals surface area contributed by atoms with E-state index in [4.69, 9.17) is 12.3 Å². The first-order chi connectivity index (χ1) is 10.5. The van der Waals surface area contributed by atoms with E-state index >= 15 is 0 Å². The number of amides is 1. The minimum atomic E-state index is -0.598. The van der Waals surface area contributed by atoms with Crippen LogP contribution in [0, 0.1) is 12.4 Å². The van der Waals surface area contributed by atoms with Crippen LogP contribution in [0.4, 0.5) is 15.8 Å². The SMILES string of the molecule is [C-]#[N+]c1cc(NC(=O)c2c3c(cn2C)C(N)CC3)ccc1F. The zero-order chi connectivity index (χ0) is 15.9. The third kappa shape index (κ3) is 2.26. The summed E-state index contributed by atoms with van der Waals surface area (Å²) in [6.45, 7) is 6.91. The normalized spacial score (nSPS) is 16.2. The van der Waals surface area contributed by atoms with Crippen LogP contribution in [0.5, 0.6) is 0 Å². The molecule has 5 nitrogen and oxygen atoms in total. The molecule has 0 bridgehead atoms. The number of anilines is 1. The number of nitrogens with one attached hydrogen (secondary N) is 1. The Morgan fingerprint density at radius 2 is 2.32 bits per heavy atom. The Morgan fingerprint density at radius 1 is 1.55 bits per heavy atom. The van der Waals surface area contributed by atoms with Crippen LogP contribution in [-0.4, -0.2) is 10.5 Å². The molecule has 1 aliphatic rings. The molecule has 0 aliphatic heterocycles. The fraction of sp³-hybridized carbons (Fsp3) is 0.250. The Balaban J connectivity index is 1.90. The molecule has 0 radical (unpaired) electrons. The minimum Gasteiger partial charge on any atom is -0.346 e. The third-order valence-corrected chi connectivity index (χ3v) is 3.96. The van der Waals surface area contributed by atoms with Crippen molar-refractivity contribution in [3.8, 4) is 0 Å². The van der Waals surface area contributed by atoms with Gasteiger partial charge in [0.05, 0.1) is 6.57 Å². The lowest BCUT2D eigenvalue weighted by Crippen LogP contribution is -2.17. The molecule has 3 rings (SSSR count). The second-order valence-electron chi connectivity index (χ2n) is 5.40. The maximum Gasteiger partial charge on any atom is 0.272 e. The standard InChI is InChI=1S/C16H15FN4O/c1-19-14-7-9(3-5-12(14)17)20-16(22)15-10-4-6-13(18)11(10)8-21(15)2/h3,5,7-8,13H,4,6,18H2,2H3,(H,20,22). The summed E-state index contributed by atoms with van der Waals surface area (Å²) in [5.74, 6) is -0.876. The van der Waals surface area contributed by atoms with Crippen molar-refractivity contribution in [1.82, 2.24) is 4.57 Å². The molecular formula is C16H15FN4O. The van der Waals surface area contributed by atoms with Crippen molar-refractivity contribution in [2.75, 3.05) is 5.32 Å². The molecule has 1 unspecified atom stereocenters. The summed E-state index contributed by atoms with van der Waals surface area (Å²) in [5, 5.41) is 2.72. The minimum absolute atomic E-state index is 0.0257. The van der Waals surface area contributed by atoms with Gasteiger partial charge in [-0.2, -0.15) is 0 Å². The first-order valence-electron chi connectivity index (χ1n) is 6.93. The van der Waals surface area contributed by atoms with Crippen LogP contribution in [0.2, 0.25) is 0 Å². The number of aryl methyl sites for hydroxylation is 1. The number of fused-ring (bicyclic) bond motifs is 1. The van der Waals surface area contributed by atoms with E-state index in [0.29, 0.717) is 11.4 Å². The van der Waals surface area contributed by atoms with Crippen LogP contribution >= 0.6 is 0 Å². The summed E-state index contributed by atoms with van der Waals surface area (Å²) in [6.07, 6.45) is 3.50. The summed E-state index contributed by atoms with van der Waals surface area (Å²) >= 11 is 0. The summed E-state index contributed by atoms with van der Waals surface area (Å²) in [4.78, 5) is 15.6. The molecule has 1 atom stereocenters. The van der Waals surface area contributed by atoms with Crippen molar-refractivity contribution in [1.29, 1.82) is 0 Å². The molecule has 2 aromatic rings. The van der Waals surface area contributed by atoms with E-state index in [2.05, 4.69) is 10.2 Å². The highest BCUT2D eigenvalue weighted by Crippen LogP contribution is 2.33. The number of rotatable bonds is 2. The van der Waals surface area contributed by atoms with Crippen LogP contribution in [0.25, 0.3) is 4.85 Å². The Bertz CT molecular complexity index is 803. The molecule has 0 saturated carbocycles. The number of carbonyl (C=O) groups excluding carboxylic acids is 1. The van der Waals surface area contributed by atoms with Crippen molar-refractivity contribution >= 4 is 17.3 Å². The van der Waals surface area contributed by atoms with E-state index in [0.717, 1.165) is 24.0 Å². The fourth-order valence-electron chi connectivity index (χ4n) is 2.90. The van der Waals surface area contributed by atoms with Gasteiger partial charge in [-0.05, 0) is 42.2 Å². The van der Waals surface area contributed by atoms with Crippen molar-refractivity contribution in [2.45, 2.75) is 18.9 Å². The number of halogens is 1. The van der Waals surface area contributed by atoms with E-state index in [1.165, 1.54) is 18.2 Å². The Morgan fingerprint density at radius 3 is 3.05 bits per heavy atom. The van der Waals surface area contributed by atoms with Gasteiger partial charge in [-0.25, -0.2) is 9.24 Å². The zero-order valence-corrected chi connectivity index (χ0v) is 12.1. The van der Waals surface area contributed by atoms with Gasteiger partial charge in [-0.1, -0.05) is 0 Å². The molecular weight excluding hydrogens is 283 g/mol. The maximum absolute atomic E-state index is 13.3. The number of benzene rings is 1. The average Bonchev–Trinajstić information content (AvgIpc) is 3.00. The molecule has 3 N–H and O–H groups in total. The Labute approximate surface area is 127 Å². The largest absolute Gasteiger partial charge is 0.346 e. The summed E-state index contributed by atoms with van der Waals surface area (Å²) in [7, 11) is 1.80. The van der Waals surface area contributed by atoms with Crippen molar-refractivity contribution in [3.63, 3.8) is 0 Å². The van der Waals surface area contributed by atoms with Gasteiger partial charge < -0.3 is 15.6 Å². The predicted molar refractivity (Wildman–Crippen MR) is 81.3 cm³/mol. The maximum atomic E-state index is 13.3. The van der Waals surface area contributed by atoms with Crippen LogP contribution in [0.1, 0.15) is 34.1 Å². The lowest BCUT2D eigenvalue weighted by atomic mass is 10.1. The molecule has 0 saturated heterocycles. The number of nitrogens with two attached hydrogens (primary N) is 1. The molecule has 6 heteroatoms. The molecule has 0 spiro atoms. The van der Waals surface area contributed by atoms with Gasteiger partial charge in [0.15, 0.2) is 0 Å². The highest BCUT2D eigenvalue weighted by molar-refractivity contribution is 6.04. The zero-order valence-electron chi connectivity index (χ0n) is 12.1. The Hall–Kier alpha value is -2.65. The van der Waals surface area contributed by atoms with Gasteiger partial charge >= 0.3 is 0 Å². The topological polar surface area (TPSA) is 64.4 Å². The lowest BCUT2D eigenvalue weighted by molar-refractivity contribution is 0.101. The van der Waals surface area contributed by atoms with Gasteiger partial charge in [-0.3, -0.25) is 4.79 Å². The van der Waals surface area contributed by atoms with E-state index in [1.54, 1.807) is 11.6 Å².